The van der Waals surface area contributed by atoms with E-state index in [9.17, 15) is 30.3 Å². The average molecular weight is 1200 g/mol. The van der Waals surface area contributed by atoms with E-state index in [-0.39, 0.29) is 12.5 Å². The van der Waals surface area contributed by atoms with Crippen molar-refractivity contribution >= 4 is 5.91 Å². The number of aliphatic hydroxyl groups is 5. The van der Waals surface area contributed by atoms with E-state index < -0.39 is 49.5 Å². The molecule has 0 saturated carbocycles. The van der Waals surface area contributed by atoms with Crippen LogP contribution < -0.4 is 5.32 Å². The van der Waals surface area contributed by atoms with Gasteiger partial charge in [0, 0.05) is 6.42 Å². The van der Waals surface area contributed by atoms with Crippen LogP contribution in [0.4, 0.5) is 0 Å². The first-order valence-electron chi connectivity index (χ1n) is 37.4. The lowest BCUT2D eigenvalue weighted by Crippen LogP contribution is -2.60. The van der Waals surface area contributed by atoms with Crippen molar-refractivity contribution in [1.82, 2.24) is 5.32 Å². The summed E-state index contributed by atoms with van der Waals surface area (Å²) in [6, 6.07) is -0.830. The van der Waals surface area contributed by atoms with Gasteiger partial charge in [-0.1, -0.05) is 345 Å². The molecular weight excluding hydrogens is 1050 g/mol. The Morgan fingerprint density at radius 3 is 0.988 bits per heavy atom. The molecule has 1 aliphatic heterocycles. The lowest BCUT2D eigenvalue weighted by Gasteiger charge is -2.40. The minimum Gasteiger partial charge on any atom is -0.394 e. The zero-order chi connectivity index (χ0) is 61.4. The first-order valence-corrected chi connectivity index (χ1v) is 37.4. The third-order valence-corrected chi connectivity index (χ3v) is 17.9. The number of allylic oxidation sites excluding steroid dienone is 7. The summed E-state index contributed by atoms with van der Waals surface area (Å²) in [5, 5.41) is 54.8. The predicted octanol–water partition coefficient (Wildman–Crippen LogP) is 20.8. The minimum absolute atomic E-state index is 0.184. The Hall–Kier alpha value is -1.85. The second kappa shape index (κ2) is 65.1. The molecule has 1 fully saturated rings. The molecular formula is C76H143NO8. The van der Waals surface area contributed by atoms with Crippen LogP contribution in [0.15, 0.2) is 48.6 Å². The lowest BCUT2D eigenvalue weighted by atomic mass is 9.99. The van der Waals surface area contributed by atoms with Gasteiger partial charge in [-0.15, -0.1) is 0 Å². The first-order chi connectivity index (χ1) is 41.8. The van der Waals surface area contributed by atoms with Crippen molar-refractivity contribution in [2.75, 3.05) is 13.2 Å². The molecule has 7 unspecified atom stereocenters. The number of ether oxygens (including phenoxy) is 2. The second-order valence-corrected chi connectivity index (χ2v) is 26.1. The predicted molar refractivity (Wildman–Crippen MR) is 364 cm³/mol. The zero-order valence-electron chi connectivity index (χ0n) is 56.1. The monoisotopic (exact) mass is 1200 g/mol. The molecule has 0 aromatic rings. The Morgan fingerprint density at radius 1 is 0.388 bits per heavy atom. The van der Waals surface area contributed by atoms with Gasteiger partial charge in [0.2, 0.25) is 5.91 Å². The normalized spacial score (nSPS) is 18.3. The molecule has 0 aromatic heterocycles. The number of hydrogen-bond acceptors (Lipinski definition) is 8. The summed E-state index contributed by atoms with van der Waals surface area (Å²) in [5.74, 6) is -0.184. The summed E-state index contributed by atoms with van der Waals surface area (Å²) in [7, 11) is 0. The molecule has 0 aromatic carbocycles. The van der Waals surface area contributed by atoms with Gasteiger partial charge >= 0.3 is 0 Å². The molecule has 500 valence electrons. The molecule has 1 rings (SSSR count). The van der Waals surface area contributed by atoms with E-state index in [0.29, 0.717) is 6.42 Å². The molecule has 1 amide bonds. The van der Waals surface area contributed by atoms with Crippen molar-refractivity contribution in [3.05, 3.63) is 48.6 Å². The van der Waals surface area contributed by atoms with Crippen molar-refractivity contribution in [3.63, 3.8) is 0 Å². The van der Waals surface area contributed by atoms with Crippen molar-refractivity contribution in [2.45, 2.75) is 416 Å². The van der Waals surface area contributed by atoms with Gasteiger partial charge in [0.05, 0.1) is 25.4 Å². The summed E-state index contributed by atoms with van der Waals surface area (Å²) in [6.07, 6.45) is 82.5. The van der Waals surface area contributed by atoms with Gasteiger partial charge in [-0.2, -0.15) is 0 Å². The van der Waals surface area contributed by atoms with Gasteiger partial charge in [0.15, 0.2) is 6.29 Å². The molecule has 0 bridgehead atoms. The highest BCUT2D eigenvalue weighted by Gasteiger charge is 2.44. The van der Waals surface area contributed by atoms with Crippen molar-refractivity contribution in [2.24, 2.45) is 0 Å². The molecule has 1 heterocycles. The largest absolute Gasteiger partial charge is 0.394 e. The molecule has 0 radical (unpaired) electrons. The third-order valence-electron chi connectivity index (χ3n) is 17.9. The van der Waals surface area contributed by atoms with Gasteiger partial charge in [-0.25, -0.2) is 0 Å². The Labute approximate surface area is 526 Å². The van der Waals surface area contributed by atoms with Crippen molar-refractivity contribution < 1.29 is 39.8 Å². The van der Waals surface area contributed by atoms with Crippen molar-refractivity contribution in [3.8, 4) is 0 Å². The van der Waals surface area contributed by atoms with Crippen LogP contribution in [0.2, 0.25) is 0 Å². The number of carbonyl (C=O) groups excluding carboxylic acids is 1. The van der Waals surface area contributed by atoms with Gasteiger partial charge in [-0.05, 0) is 70.6 Å². The van der Waals surface area contributed by atoms with E-state index >= 15 is 0 Å². The van der Waals surface area contributed by atoms with Crippen LogP contribution in [0, 0.1) is 0 Å². The molecule has 9 heteroatoms. The fourth-order valence-corrected chi connectivity index (χ4v) is 12.0. The van der Waals surface area contributed by atoms with Gasteiger partial charge in [0.1, 0.15) is 24.4 Å². The van der Waals surface area contributed by atoms with E-state index in [4.69, 9.17) is 9.47 Å². The highest BCUT2D eigenvalue weighted by Crippen LogP contribution is 2.24. The summed E-state index contributed by atoms with van der Waals surface area (Å²) in [6.45, 7) is 3.81. The molecule has 0 spiro atoms. The molecule has 0 aliphatic carbocycles. The standard InChI is InChI=1S/C76H143NO8/c1-3-5-7-9-11-13-15-17-19-21-23-25-27-29-31-33-35-37-39-41-43-45-47-49-51-53-55-57-59-61-63-65-70(79)69(68-84-76-75(83)74(82)73(81)71(67-78)85-76)77-72(80)66-64-62-60-58-56-54-52-50-48-46-44-42-40-38-36-34-32-30-28-26-24-22-20-18-16-14-12-10-8-6-4-2/h22,24,47,49,55,57,63,65,69-71,73-76,78-79,81-83H,3-21,23,25-46,48,50-54,56,58-62,64,66-68H2,1-2H3,(H,77,80)/b24-22-,49-47+,57-55+,65-63+. The molecule has 6 N–H and O–H groups in total. The lowest BCUT2D eigenvalue weighted by molar-refractivity contribution is -0.302. The summed E-state index contributed by atoms with van der Waals surface area (Å²) >= 11 is 0. The molecule has 9 nitrogen and oxygen atoms in total. The summed E-state index contributed by atoms with van der Waals surface area (Å²) < 4.78 is 11.3. The first kappa shape index (κ1) is 81.2. The maximum absolute atomic E-state index is 13.1. The van der Waals surface area contributed by atoms with Gasteiger partial charge in [-0.3, -0.25) is 4.79 Å². The third kappa shape index (κ3) is 53.7. The van der Waals surface area contributed by atoms with Crippen molar-refractivity contribution in [1.29, 1.82) is 0 Å². The Bertz CT molecular complexity index is 1480. The molecule has 85 heavy (non-hydrogen) atoms. The number of nitrogens with one attached hydrogen (secondary N) is 1. The van der Waals surface area contributed by atoms with Crippen LogP contribution in [-0.4, -0.2) is 87.5 Å². The Morgan fingerprint density at radius 2 is 0.671 bits per heavy atom. The van der Waals surface area contributed by atoms with Crippen LogP contribution >= 0.6 is 0 Å². The van der Waals surface area contributed by atoms with E-state index in [2.05, 4.69) is 55.6 Å². The van der Waals surface area contributed by atoms with E-state index in [1.807, 2.05) is 6.08 Å². The maximum atomic E-state index is 13.1. The van der Waals surface area contributed by atoms with E-state index in [1.165, 1.54) is 308 Å². The van der Waals surface area contributed by atoms with Crippen LogP contribution in [-0.2, 0) is 14.3 Å². The van der Waals surface area contributed by atoms with Crippen LogP contribution in [0.5, 0.6) is 0 Å². The van der Waals surface area contributed by atoms with Crippen LogP contribution in [0.1, 0.15) is 373 Å². The van der Waals surface area contributed by atoms with Gasteiger partial charge in [0.25, 0.3) is 0 Å². The van der Waals surface area contributed by atoms with Gasteiger partial charge < -0.3 is 40.3 Å². The molecule has 1 saturated heterocycles. The van der Waals surface area contributed by atoms with Crippen LogP contribution in [0.25, 0.3) is 0 Å². The molecule has 7 atom stereocenters. The summed E-state index contributed by atoms with van der Waals surface area (Å²) in [5.41, 5.74) is 0. The Kier molecular flexibility index (Phi) is 62.2. The van der Waals surface area contributed by atoms with Crippen LogP contribution in [0.3, 0.4) is 0 Å². The highest BCUT2D eigenvalue weighted by molar-refractivity contribution is 5.76. The number of unbranched alkanes of at least 4 members (excludes halogenated alkanes) is 50. The average Bonchev–Trinajstić information content (AvgIpc) is 3.54. The smallest absolute Gasteiger partial charge is 0.220 e. The minimum atomic E-state index is -1.58. The topological polar surface area (TPSA) is 149 Å². The summed E-state index contributed by atoms with van der Waals surface area (Å²) in [4.78, 5) is 13.1. The quantitative estimate of drug-likeness (QED) is 0.0261. The zero-order valence-corrected chi connectivity index (χ0v) is 56.1. The number of amides is 1. The highest BCUT2D eigenvalue weighted by atomic mass is 16.7. The van der Waals surface area contributed by atoms with E-state index in [1.54, 1.807) is 6.08 Å². The van der Waals surface area contributed by atoms with E-state index in [0.717, 1.165) is 44.9 Å². The second-order valence-electron chi connectivity index (χ2n) is 26.1. The fraction of sp³-hybridized carbons (Fsp3) is 0.882. The SMILES string of the molecule is CCCCCCCCCC/C=C\CCCCCCCCCCCCCCCCCCCCCC(=O)NC(COC1OC(CO)C(O)C(O)C1O)C(O)/C=C/CC/C=C/CC/C=C/CCCCCCCCCCCCCCCCCCCCCCC. The maximum Gasteiger partial charge on any atom is 0.220 e. The number of carbonyl (C=O) groups is 1. The number of hydrogen-bond donors (Lipinski definition) is 6. The number of rotatable bonds is 66. The Balaban J connectivity index is 2.13. The number of aliphatic hydroxyl groups excluding tert-OH is 5. The fourth-order valence-electron chi connectivity index (χ4n) is 12.0. The molecule has 1 aliphatic rings.